The van der Waals surface area contributed by atoms with Gasteiger partial charge in [-0.1, -0.05) is 72.8 Å². The van der Waals surface area contributed by atoms with Crippen LogP contribution in [0.4, 0.5) is 0 Å². The number of nitriles is 1. The average molecular weight is 575 g/mol. The molecule has 0 spiro atoms. The van der Waals surface area contributed by atoms with Gasteiger partial charge in [0.15, 0.2) is 0 Å². The zero-order valence-corrected chi connectivity index (χ0v) is 23.5. The summed E-state index contributed by atoms with van der Waals surface area (Å²) in [6.07, 6.45) is 1.37. The molecule has 3 aromatic heterocycles. The van der Waals surface area contributed by atoms with Crippen molar-refractivity contribution in [2.24, 2.45) is 0 Å². The van der Waals surface area contributed by atoms with Crippen LogP contribution in [0.25, 0.3) is 55.1 Å². The highest BCUT2D eigenvalue weighted by molar-refractivity contribution is 7.91. The number of pyridine rings is 1. The highest BCUT2D eigenvalue weighted by atomic mass is 32.2. The van der Waals surface area contributed by atoms with Gasteiger partial charge in [0, 0.05) is 33.4 Å². The van der Waals surface area contributed by atoms with Gasteiger partial charge in [-0.15, -0.1) is 0 Å². The first-order valence-corrected chi connectivity index (χ1v) is 15.3. The van der Waals surface area contributed by atoms with E-state index in [0.717, 1.165) is 43.6 Å². The fourth-order valence-corrected chi connectivity index (χ4v) is 7.47. The van der Waals surface area contributed by atoms with E-state index in [1.807, 2.05) is 77.4 Å². The number of benzene rings is 5. The van der Waals surface area contributed by atoms with E-state index >= 15 is 0 Å². The normalized spacial score (nSPS) is 11.9. The van der Waals surface area contributed by atoms with Crippen molar-refractivity contribution in [1.82, 2.24) is 14.1 Å². The molecule has 0 bridgehead atoms. The fraction of sp³-hybridized carbons (Fsp3) is 0. The first-order valence-electron chi connectivity index (χ1n) is 13.8. The van der Waals surface area contributed by atoms with Gasteiger partial charge in [0.05, 0.1) is 37.4 Å². The van der Waals surface area contributed by atoms with Crippen LogP contribution < -0.4 is 0 Å². The number of aromatic nitrogens is 3. The fourth-order valence-electron chi connectivity index (χ4n) is 6.14. The molecule has 8 rings (SSSR count). The molecule has 0 unspecified atom stereocenters. The van der Waals surface area contributed by atoms with E-state index in [2.05, 4.69) is 39.9 Å². The molecule has 0 saturated carbocycles. The standard InChI is InChI=1S/C36H22N4O2S/c37-22-24-21-25(39-31-13-5-1-9-27(31)28-10-2-6-14-32(28)39)17-19-35(24)43(41,42)26-18-20-36(38-23-26)40-33-15-7-3-11-29(33)30-12-4-8-16-34(30)40/h1-21,23H. The summed E-state index contributed by atoms with van der Waals surface area (Å²) in [4.78, 5) is 4.57. The lowest BCUT2D eigenvalue weighted by Gasteiger charge is -2.12. The highest BCUT2D eigenvalue weighted by Gasteiger charge is 2.24. The molecule has 6 nitrogen and oxygen atoms in total. The molecular formula is C36H22N4O2S. The van der Waals surface area contributed by atoms with Gasteiger partial charge in [-0.25, -0.2) is 13.4 Å². The van der Waals surface area contributed by atoms with Gasteiger partial charge >= 0.3 is 0 Å². The van der Waals surface area contributed by atoms with E-state index in [4.69, 9.17) is 0 Å². The summed E-state index contributed by atoms with van der Waals surface area (Å²) >= 11 is 0. The van der Waals surface area contributed by atoms with Crippen molar-refractivity contribution in [1.29, 1.82) is 5.26 Å². The summed E-state index contributed by atoms with van der Waals surface area (Å²) in [6.45, 7) is 0. The zero-order chi connectivity index (χ0) is 29.1. The molecule has 0 aliphatic rings. The van der Waals surface area contributed by atoms with E-state index in [9.17, 15) is 13.7 Å². The van der Waals surface area contributed by atoms with Crippen LogP contribution in [0.5, 0.6) is 0 Å². The third-order valence-electron chi connectivity index (χ3n) is 8.05. The molecule has 0 aliphatic carbocycles. The van der Waals surface area contributed by atoms with Crippen LogP contribution in [0.1, 0.15) is 5.56 Å². The monoisotopic (exact) mass is 574 g/mol. The van der Waals surface area contributed by atoms with E-state index < -0.39 is 9.84 Å². The third kappa shape index (κ3) is 3.71. The molecule has 0 N–H and O–H groups in total. The Labute approximate surface area is 247 Å². The lowest BCUT2D eigenvalue weighted by atomic mass is 10.2. The second-order valence-electron chi connectivity index (χ2n) is 10.4. The van der Waals surface area contributed by atoms with Gasteiger partial charge in [-0.05, 0) is 54.6 Å². The summed E-state index contributed by atoms with van der Waals surface area (Å²) in [5.74, 6) is 0.610. The van der Waals surface area contributed by atoms with Crippen molar-refractivity contribution >= 4 is 53.4 Å². The Balaban J connectivity index is 1.23. The van der Waals surface area contributed by atoms with Crippen molar-refractivity contribution in [2.75, 3.05) is 0 Å². The lowest BCUT2D eigenvalue weighted by Crippen LogP contribution is -2.07. The predicted octanol–water partition coefficient (Wildman–Crippen LogP) is 7.98. The maximum absolute atomic E-state index is 13.9. The molecule has 7 heteroatoms. The molecule has 204 valence electrons. The largest absolute Gasteiger partial charge is 0.309 e. The number of nitrogens with zero attached hydrogens (tertiary/aromatic N) is 4. The minimum Gasteiger partial charge on any atom is -0.309 e. The van der Waals surface area contributed by atoms with Crippen LogP contribution in [-0.4, -0.2) is 22.5 Å². The summed E-state index contributed by atoms with van der Waals surface area (Å²) < 4.78 is 31.8. The molecule has 0 radical (unpaired) electrons. The summed E-state index contributed by atoms with van der Waals surface area (Å²) in [7, 11) is -4.03. The molecule has 0 aliphatic heterocycles. The Hall–Kier alpha value is -5.71. The van der Waals surface area contributed by atoms with Crippen LogP contribution in [0.3, 0.4) is 0 Å². The molecule has 0 fully saturated rings. The maximum Gasteiger partial charge on any atom is 0.209 e. The van der Waals surface area contributed by atoms with Crippen molar-refractivity contribution in [3.05, 3.63) is 139 Å². The minimum absolute atomic E-state index is 0.0260. The summed E-state index contributed by atoms with van der Waals surface area (Å²) in [6, 6.07) is 42.6. The van der Waals surface area contributed by atoms with Crippen molar-refractivity contribution in [3.63, 3.8) is 0 Å². The van der Waals surface area contributed by atoms with Gasteiger partial charge in [0.2, 0.25) is 9.84 Å². The summed E-state index contributed by atoms with van der Waals surface area (Å²) in [5.41, 5.74) is 4.72. The molecular weight excluding hydrogens is 552 g/mol. The van der Waals surface area contributed by atoms with E-state index in [1.54, 1.807) is 24.3 Å². The molecule has 0 amide bonds. The van der Waals surface area contributed by atoms with Gasteiger partial charge in [-0.3, -0.25) is 4.57 Å². The topological polar surface area (TPSA) is 80.7 Å². The molecule has 0 atom stereocenters. The Morgan fingerprint density at radius 3 is 1.53 bits per heavy atom. The first kappa shape index (κ1) is 25.0. The Morgan fingerprint density at radius 1 is 0.581 bits per heavy atom. The highest BCUT2D eigenvalue weighted by Crippen LogP contribution is 2.35. The Bertz CT molecular complexity index is 2430. The molecule has 8 aromatic rings. The van der Waals surface area contributed by atoms with Crippen molar-refractivity contribution in [3.8, 4) is 17.6 Å². The summed E-state index contributed by atoms with van der Waals surface area (Å²) in [5, 5.41) is 14.5. The smallest absolute Gasteiger partial charge is 0.209 e. The predicted molar refractivity (Wildman–Crippen MR) is 170 cm³/mol. The molecule has 3 heterocycles. The van der Waals surface area contributed by atoms with Crippen LogP contribution >= 0.6 is 0 Å². The van der Waals surface area contributed by atoms with Gasteiger partial charge in [0.1, 0.15) is 11.9 Å². The number of fused-ring (bicyclic) bond motifs is 6. The van der Waals surface area contributed by atoms with E-state index in [1.165, 1.54) is 12.3 Å². The third-order valence-corrected chi connectivity index (χ3v) is 9.85. The molecule has 5 aromatic carbocycles. The molecule has 0 saturated heterocycles. The van der Waals surface area contributed by atoms with Crippen LogP contribution in [0.15, 0.2) is 143 Å². The number of para-hydroxylation sites is 4. The second kappa shape index (κ2) is 9.41. The number of hydrogen-bond acceptors (Lipinski definition) is 4. The Kier molecular flexibility index (Phi) is 5.48. The van der Waals surface area contributed by atoms with E-state index in [-0.39, 0.29) is 15.4 Å². The van der Waals surface area contributed by atoms with Gasteiger partial charge in [0.25, 0.3) is 0 Å². The Morgan fingerprint density at radius 2 is 1.07 bits per heavy atom. The number of rotatable bonds is 4. The van der Waals surface area contributed by atoms with Gasteiger partial charge in [-0.2, -0.15) is 5.26 Å². The maximum atomic E-state index is 13.9. The van der Waals surface area contributed by atoms with Crippen molar-refractivity contribution < 1.29 is 8.42 Å². The molecule has 43 heavy (non-hydrogen) atoms. The zero-order valence-electron chi connectivity index (χ0n) is 22.7. The van der Waals surface area contributed by atoms with Crippen LogP contribution in [0, 0.1) is 11.3 Å². The van der Waals surface area contributed by atoms with Crippen molar-refractivity contribution in [2.45, 2.75) is 9.79 Å². The number of sulfone groups is 1. The van der Waals surface area contributed by atoms with Crippen LogP contribution in [0.2, 0.25) is 0 Å². The SMILES string of the molecule is N#Cc1cc(-n2c3ccccc3c3ccccc32)ccc1S(=O)(=O)c1ccc(-n2c3ccccc3c3ccccc32)nc1. The van der Waals surface area contributed by atoms with Crippen LogP contribution in [-0.2, 0) is 9.84 Å². The van der Waals surface area contributed by atoms with E-state index in [0.29, 0.717) is 11.5 Å². The average Bonchev–Trinajstić information content (AvgIpc) is 3.58. The number of hydrogen-bond donors (Lipinski definition) is 0. The first-order chi connectivity index (χ1) is 21.1. The lowest BCUT2D eigenvalue weighted by molar-refractivity contribution is 0.595. The quantitative estimate of drug-likeness (QED) is 0.213. The van der Waals surface area contributed by atoms with Gasteiger partial charge < -0.3 is 4.57 Å². The minimum atomic E-state index is -4.03. The second-order valence-corrected chi connectivity index (χ2v) is 12.3.